The van der Waals surface area contributed by atoms with Gasteiger partial charge in [0.15, 0.2) is 0 Å². The van der Waals surface area contributed by atoms with Crippen molar-refractivity contribution in [3.8, 4) is 0 Å². The molecule has 0 radical (unpaired) electrons. The van der Waals surface area contributed by atoms with Crippen molar-refractivity contribution in [2.24, 2.45) is 0 Å². The van der Waals surface area contributed by atoms with E-state index in [-0.39, 0.29) is 0 Å². The molecule has 0 N–H and O–H groups in total. The van der Waals surface area contributed by atoms with E-state index in [9.17, 15) is 4.79 Å². The van der Waals surface area contributed by atoms with Gasteiger partial charge in [-0.3, -0.25) is 0 Å². The Hall–Kier alpha value is -2.39. The molecule has 0 aliphatic heterocycles. The van der Waals surface area contributed by atoms with Crippen LogP contribution in [0.1, 0.15) is 18.1 Å². The minimum Gasteiger partial charge on any atom is -0.426 e. The monoisotopic (exact) mass is 282 g/mol. The van der Waals surface area contributed by atoms with Crippen molar-refractivity contribution in [2.45, 2.75) is 19.3 Å². The van der Waals surface area contributed by atoms with Gasteiger partial charge in [0.2, 0.25) is 5.79 Å². The van der Waals surface area contributed by atoms with Crippen LogP contribution < -0.4 is 0 Å². The van der Waals surface area contributed by atoms with E-state index in [0.717, 1.165) is 17.2 Å². The van der Waals surface area contributed by atoms with Crippen LogP contribution in [-0.4, -0.2) is 5.97 Å². The van der Waals surface area contributed by atoms with Gasteiger partial charge in [0.25, 0.3) is 0 Å². The summed E-state index contributed by atoms with van der Waals surface area (Å²) in [5.74, 6) is -1.67. The molecule has 0 saturated carbocycles. The maximum absolute atomic E-state index is 11.6. The average Bonchev–Trinajstić information content (AvgIpc) is 2.55. The van der Waals surface area contributed by atoms with Gasteiger partial charge in [0.05, 0.1) is 6.61 Å². The summed E-state index contributed by atoms with van der Waals surface area (Å²) in [6.07, 6.45) is 1.13. The fourth-order valence-electron chi connectivity index (χ4n) is 1.94. The molecule has 0 aliphatic carbocycles. The van der Waals surface area contributed by atoms with Crippen molar-refractivity contribution in [1.82, 2.24) is 0 Å². The first kappa shape index (κ1) is 15.0. The third-order valence-electron chi connectivity index (χ3n) is 3.12. The Balaban J connectivity index is 2.19. The highest BCUT2D eigenvalue weighted by Crippen LogP contribution is 2.28. The summed E-state index contributed by atoms with van der Waals surface area (Å²) >= 11 is 0. The lowest BCUT2D eigenvalue weighted by molar-refractivity contribution is -0.231. The van der Waals surface area contributed by atoms with Crippen molar-refractivity contribution in [1.29, 1.82) is 0 Å². The molecule has 2 aromatic carbocycles. The molecule has 0 spiro atoms. The molecule has 2 aromatic rings. The van der Waals surface area contributed by atoms with Crippen LogP contribution in [0.25, 0.3) is 0 Å². The lowest BCUT2D eigenvalue weighted by Crippen LogP contribution is -2.31. The molecule has 0 aliphatic rings. The van der Waals surface area contributed by atoms with Gasteiger partial charge in [0, 0.05) is 18.6 Å². The zero-order chi connectivity index (χ0) is 15.1. The normalized spacial score (nSPS) is 13.2. The number of benzene rings is 2. The summed E-state index contributed by atoms with van der Waals surface area (Å²) in [4.78, 5) is 11.6. The first-order chi connectivity index (χ1) is 10.1. The molecular weight excluding hydrogens is 264 g/mol. The maximum atomic E-state index is 11.6. The lowest BCUT2D eigenvalue weighted by Gasteiger charge is -2.29. The molecule has 0 amide bonds. The van der Waals surface area contributed by atoms with E-state index in [1.165, 1.54) is 0 Å². The Morgan fingerprint density at radius 2 is 1.67 bits per heavy atom. The topological polar surface area (TPSA) is 35.5 Å². The van der Waals surface area contributed by atoms with E-state index < -0.39 is 11.8 Å². The van der Waals surface area contributed by atoms with E-state index in [0.29, 0.717) is 6.61 Å². The van der Waals surface area contributed by atoms with Gasteiger partial charge in [-0.05, 0) is 5.56 Å². The van der Waals surface area contributed by atoms with Crippen molar-refractivity contribution in [2.75, 3.05) is 0 Å². The largest absolute Gasteiger partial charge is 0.426 e. The summed E-state index contributed by atoms with van der Waals surface area (Å²) in [5.41, 5.74) is 1.78. The molecule has 1 atom stereocenters. The first-order valence-corrected chi connectivity index (χ1v) is 6.73. The van der Waals surface area contributed by atoms with E-state index >= 15 is 0 Å². The van der Waals surface area contributed by atoms with Gasteiger partial charge in [-0.15, -0.1) is 0 Å². The van der Waals surface area contributed by atoms with Crippen LogP contribution in [0.5, 0.6) is 0 Å². The van der Waals surface area contributed by atoms with Crippen molar-refractivity contribution in [3.05, 3.63) is 84.4 Å². The third kappa shape index (κ3) is 4.04. The van der Waals surface area contributed by atoms with Crippen molar-refractivity contribution >= 4 is 5.97 Å². The molecule has 0 heterocycles. The summed E-state index contributed by atoms with van der Waals surface area (Å²) in [6.45, 7) is 5.50. The van der Waals surface area contributed by atoms with E-state index in [4.69, 9.17) is 9.47 Å². The van der Waals surface area contributed by atoms with Gasteiger partial charge in [0.1, 0.15) is 0 Å². The second-order valence-corrected chi connectivity index (χ2v) is 4.71. The lowest BCUT2D eigenvalue weighted by atomic mass is 10.1. The van der Waals surface area contributed by atoms with Gasteiger partial charge in [-0.1, -0.05) is 67.2 Å². The maximum Gasteiger partial charge on any atom is 0.332 e. The quantitative estimate of drug-likeness (QED) is 0.459. The van der Waals surface area contributed by atoms with E-state index in [1.807, 2.05) is 60.7 Å². The second kappa shape index (κ2) is 6.86. The van der Waals surface area contributed by atoms with E-state index in [1.54, 1.807) is 6.92 Å². The van der Waals surface area contributed by atoms with Crippen molar-refractivity contribution < 1.29 is 14.3 Å². The van der Waals surface area contributed by atoms with E-state index in [2.05, 4.69) is 6.58 Å². The predicted molar refractivity (Wildman–Crippen MR) is 81.3 cm³/mol. The highest BCUT2D eigenvalue weighted by Gasteiger charge is 2.31. The summed E-state index contributed by atoms with van der Waals surface area (Å²) in [6, 6.07) is 19.1. The minimum atomic E-state index is -1.15. The highest BCUT2D eigenvalue weighted by atomic mass is 16.7. The standard InChI is InChI=1S/C18H18O3/c1-3-17(19)21-18(2,16-12-8-5-9-13-16)20-14-15-10-6-4-7-11-15/h3-13H,1,14H2,2H3. The fourth-order valence-corrected chi connectivity index (χ4v) is 1.94. The molecule has 1 unspecified atom stereocenters. The van der Waals surface area contributed by atoms with Gasteiger partial charge >= 0.3 is 5.97 Å². The first-order valence-electron chi connectivity index (χ1n) is 6.73. The average molecular weight is 282 g/mol. The number of esters is 1. The predicted octanol–water partition coefficient (Wildman–Crippen LogP) is 3.81. The smallest absolute Gasteiger partial charge is 0.332 e. The number of ether oxygens (including phenoxy) is 2. The van der Waals surface area contributed by atoms with Crippen LogP contribution >= 0.6 is 0 Å². The van der Waals surface area contributed by atoms with Crippen LogP contribution in [0.15, 0.2) is 73.3 Å². The molecule has 108 valence electrons. The molecule has 3 heteroatoms. The molecule has 21 heavy (non-hydrogen) atoms. The fraction of sp³-hybridized carbons (Fsp3) is 0.167. The zero-order valence-electron chi connectivity index (χ0n) is 12.0. The molecule has 0 fully saturated rings. The van der Waals surface area contributed by atoms with Crippen LogP contribution in [0.4, 0.5) is 0 Å². The number of hydrogen-bond donors (Lipinski definition) is 0. The van der Waals surface area contributed by atoms with Crippen LogP contribution in [0.3, 0.4) is 0 Å². The third-order valence-corrected chi connectivity index (χ3v) is 3.12. The van der Waals surface area contributed by atoms with Gasteiger partial charge in [-0.2, -0.15) is 0 Å². The molecule has 0 saturated heterocycles. The Labute approximate surface area is 124 Å². The molecular formula is C18H18O3. The van der Waals surface area contributed by atoms with Crippen LogP contribution in [0, 0.1) is 0 Å². The Morgan fingerprint density at radius 1 is 1.10 bits per heavy atom. The molecule has 2 rings (SSSR count). The Bertz CT molecular complexity index is 592. The second-order valence-electron chi connectivity index (χ2n) is 4.71. The van der Waals surface area contributed by atoms with Crippen LogP contribution in [0.2, 0.25) is 0 Å². The van der Waals surface area contributed by atoms with Crippen LogP contribution in [-0.2, 0) is 26.7 Å². The highest BCUT2D eigenvalue weighted by molar-refractivity contribution is 5.81. The van der Waals surface area contributed by atoms with Crippen molar-refractivity contribution in [3.63, 3.8) is 0 Å². The Morgan fingerprint density at radius 3 is 2.24 bits per heavy atom. The number of hydrogen-bond acceptors (Lipinski definition) is 3. The SMILES string of the molecule is C=CC(=O)OC(C)(OCc1ccccc1)c1ccccc1. The number of carbonyl (C=O) groups excluding carboxylic acids is 1. The van der Waals surface area contributed by atoms with Gasteiger partial charge in [-0.25, -0.2) is 4.79 Å². The minimum absolute atomic E-state index is 0.344. The molecule has 0 bridgehead atoms. The summed E-state index contributed by atoms with van der Waals surface area (Å²) in [5, 5.41) is 0. The number of rotatable bonds is 6. The molecule has 0 aromatic heterocycles. The molecule has 3 nitrogen and oxygen atoms in total. The summed E-state index contributed by atoms with van der Waals surface area (Å²) < 4.78 is 11.3. The van der Waals surface area contributed by atoms with Gasteiger partial charge < -0.3 is 9.47 Å². The zero-order valence-corrected chi connectivity index (χ0v) is 12.0. The summed E-state index contributed by atoms with van der Waals surface area (Å²) in [7, 11) is 0. The number of carbonyl (C=O) groups is 1. The Kier molecular flexibility index (Phi) is 4.90.